The summed E-state index contributed by atoms with van der Waals surface area (Å²) >= 11 is 7.03. The average Bonchev–Trinajstić information content (AvgIpc) is 2.48. The molecule has 0 radical (unpaired) electrons. The first-order valence-electron chi connectivity index (χ1n) is 3.70. The zero-order valence-electron chi connectivity index (χ0n) is 6.62. The Labute approximate surface area is 84.0 Å². The van der Waals surface area contributed by atoms with Crippen molar-refractivity contribution in [3.05, 3.63) is 23.1 Å². The molecule has 0 aliphatic carbocycles. The second kappa shape index (κ2) is 3.09. The number of aromatic hydroxyl groups is 2. The van der Waals surface area contributed by atoms with E-state index in [4.69, 9.17) is 11.6 Å². The number of fused-ring (bicyclic) bond motifs is 1. The zero-order chi connectivity index (χ0) is 9.42. The van der Waals surface area contributed by atoms with Gasteiger partial charge in [-0.25, -0.2) is 0 Å². The van der Waals surface area contributed by atoms with Gasteiger partial charge >= 0.3 is 0 Å². The second-order valence-electron chi connectivity index (χ2n) is 2.74. The molecule has 2 aromatic rings. The Balaban J connectivity index is 2.79. The molecule has 1 aromatic carbocycles. The van der Waals surface area contributed by atoms with E-state index in [0.29, 0.717) is 11.3 Å². The summed E-state index contributed by atoms with van der Waals surface area (Å²) in [6.07, 6.45) is 0. The van der Waals surface area contributed by atoms with Crippen LogP contribution in [-0.2, 0) is 5.88 Å². The van der Waals surface area contributed by atoms with Crippen LogP contribution in [0, 0.1) is 0 Å². The van der Waals surface area contributed by atoms with Crippen molar-refractivity contribution in [3.8, 4) is 11.5 Å². The number of benzene rings is 1. The van der Waals surface area contributed by atoms with Crippen molar-refractivity contribution in [3.63, 3.8) is 0 Å². The Bertz CT molecular complexity index is 450. The normalized spacial score (nSPS) is 10.8. The molecule has 4 heteroatoms. The van der Waals surface area contributed by atoms with Crippen LogP contribution in [0.2, 0.25) is 0 Å². The molecule has 2 N–H and O–H groups in total. The highest BCUT2D eigenvalue weighted by Crippen LogP contribution is 2.38. The second-order valence-corrected chi connectivity index (χ2v) is 3.92. The molecule has 0 unspecified atom stereocenters. The van der Waals surface area contributed by atoms with E-state index in [9.17, 15) is 10.2 Å². The van der Waals surface area contributed by atoms with Crippen LogP contribution >= 0.6 is 22.9 Å². The van der Waals surface area contributed by atoms with Crippen molar-refractivity contribution in [1.82, 2.24) is 0 Å². The molecule has 0 bridgehead atoms. The van der Waals surface area contributed by atoms with Gasteiger partial charge in [-0.15, -0.1) is 22.9 Å². The molecule has 0 aliphatic rings. The Hall–Kier alpha value is -0.930. The van der Waals surface area contributed by atoms with E-state index in [-0.39, 0.29) is 11.5 Å². The zero-order valence-corrected chi connectivity index (χ0v) is 8.19. The predicted octanol–water partition coefficient (Wildman–Crippen LogP) is 3.05. The molecule has 0 atom stereocenters. The summed E-state index contributed by atoms with van der Waals surface area (Å²) < 4.78 is 0.855. The number of thiophene rings is 1. The lowest BCUT2D eigenvalue weighted by Gasteiger charge is -1.99. The van der Waals surface area contributed by atoms with Gasteiger partial charge in [-0.1, -0.05) is 0 Å². The Morgan fingerprint density at radius 1 is 1.23 bits per heavy atom. The van der Waals surface area contributed by atoms with Gasteiger partial charge in [0.05, 0.1) is 5.39 Å². The third-order valence-corrected chi connectivity index (χ3v) is 3.07. The Morgan fingerprint density at radius 2 is 2.00 bits per heavy atom. The van der Waals surface area contributed by atoms with Crippen LogP contribution in [-0.4, -0.2) is 10.2 Å². The highest BCUT2D eigenvalue weighted by molar-refractivity contribution is 7.17. The van der Waals surface area contributed by atoms with E-state index in [1.54, 1.807) is 11.4 Å². The van der Waals surface area contributed by atoms with Gasteiger partial charge in [0.1, 0.15) is 11.5 Å². The molecule has 0 amide bonds. The summed E-state index contributed by atoms with van der Waals surface area (Å²) in [5.74, 6) is 0.577. The van der Waals surface area contributed by atoms with E-state index < -0.39 is 0 Å². The summed E-state index contributed by atoms with van der Waals surface area (Å²) in [5.41, 5.74) is 0.855. The first-order chi connectivity index (χ1) is 6.22. The molecule has 0 saturated carbocycles. The van der Waals surface area contributed by atoms with Gasteiger partial charge in [0.25, 0.3) is 0 Å². The van der Waals surface area contributed by atoms with Crippen molar-refractivity contribution in [2.24, 2.45) is 0 Å². The van der Waals surface area contributed by atoms with Gasteiger partial charge in [0.2, 0.25) is 0 Å². The summed E-state index contributed by atoms with van der Waals surface area (Å²) in [6.45, 7) is 0. The number of halogens is 1. The van der Waals surface area contributed by atoms with Gasteiger partial charge in [0, 0.05) is 16.0 Å². The third kappa shape index (κ3) is 1.34. The molecular formula is C9H7ClO2S. The van der Waals surface area contributed by atoms with Crippen molar-refractivity contribution in [2.75, 3.05) is 0 Å². The molecule has 13 heavy (non-hydrogen) atoms. The fourth-order valence-electron chi connectivity index (χ4n) is 1.26. The maximum atomic E-state index is 9.54. The molecule has 2 rings (SSSR count). The predicted molar refractivity (Wildman–Crippen MR) is 54.7 cm³/mol. The number of rotatable bonds is 1. The minimum Gasteiger partial charge on any atom is -0.507 e. The SMILES string of the molecule is Oc1csc2cc(CCl)cc(O)c12. The van der Waals surface area contributed by atoms with Crippen LogP contribution < -0.4 is 0 Å². The average molecular weight is 215 g/mol. The summed E-state index contributed by atoms with van der Waals surface area (Å²) in [6, 6.07) is 3.44. The van der Waals surface area contributed by atoms with Crippen molar-refractivity contribution < 1.29 is 10.2 Å². The monoisotopic (exact) mass is 214 g/mol. The van der Waals surface area contributed by atoms with Gasteiger partial charge in [0.15, 0.2) is 0 Å². The number of phenols is 1. The number of hydrogen-bond donors (Lipinski definition) is 2. The number of hydrogen-bond acceptors (Lipinski definition) is 3. The molecule has 0 spiro atoms. The molecule has 1 heterocycles. The first-order valence-corrected chi connectivity index (χ1v) is 5.12. The fraction of sp³-hybridized carbons (Fsp3) is 0.111. The van der Waals surface area contributed by atoms with Crippen molar-refractivity contribution >= 4 is 33.0 Å². The lowest BCUT2D eigenvalue weighted by molar-refractivity contribution is 0.465. The lowest BCUT2D eigenvalue weighted by Crippen LogP contribution is -1.76. The third-order valence-electron chi connectivity index (χ3n) is 1.85. The van der Waals surface area contributed by atoms with E-state index in [2.05, 4.69) is 0 Å². The lowest BCUT2D eigenvalue weighted by atomic mass is 10.2. The summed E-state index contributed by atoms with van der Waals surface area (Å²) in [5, 5.41) is 21.0. The first kappa shape index (κ1) is 8.66. The smallest absolute Gasteiger partial charge is 0.137 e. The molecule has 0 aliphatic heterocycles. The van der Waals surface area contributed by atoms with E-state index in [1.165, 1.54) is 11.3 Å². The van der Waals surface area contributed by atoms with Crippen LogP contribution in [0.3, 0.4) is 0 Å². The fourth-order valence-corrected chi connectivity index (χ4v) is 2.32. The van der Waals surface area contributed by atoms with E-state index in [0.717, 1.165) is 10.3 Å². The van der Waals surface area contributed by atoms with Crippen LogP contribution in [0.5, 0.6) is 11.5 Å². The van der Waals surface area contributed by atoms with Crippen LogP contribution in [0.4, 0.5) is 0 Å². The minimum atomic E-state index is 0.0897. The van der Waals surface area contributed by atoms with Gasteiger partial charge in [-0.05, 0) is 17.7 Å². The van der Waals surface area contributed by atoms with E-state index >= 15 is 0 Å². The topological polar surface area (TPSA) is 40.5 Å². The van der Waals surface area contributed by atoms with Crippen LogP contribution in [0.1, 0.15) is 5.56 Å². The quantitative estimate of drug-likeness (QED) is 0.717. The summed E-state index contributed by atoms with van der Waals surface area (Å²) in [7, 11) is 0. The largest absolute Gasteiger partial charge is 0.507 e. The maximum absolute atomic E-state index is 9.54. The van der Waals surface area contributed by atoms with Gasteiger partial charge in [-0.3, -0.25) is 0 Å². The number of phenolic OH excluding ortho intramolecular Hbond substituents is 1. The van der Waals surface area contributed by atoms with Crippen molar-refractivity contribution in [2.45, 2.75) is 5.88 Å². The van der Waals surface area contributed by atoms with Crippen molar-refractivity contribution in [1.29, 1.82) is 0 Å². The molecule has 0 fully saturated rings. The highest BCUT2D eigenvalue weighted by atomic mass is 35.5. The number of alkyl halides is 1. The van der Waals surface area contributed by atoms with Gasteiger partial charge in [-0.2, -0.15) is 0 Å². The van der Waals surface area contributed by atoms with E-state index in [1.807, 2.05) is 6.07 Å². The standard InChI is InChI=1S/C9H7ClO2S/c10-3-5-1-6(11)9-7(12)4-13-8(9)2-5/h1-2,4,11-12H,3H2. The van der Waals surface area contributed by atoms with Gasteiger partial charge < -0.3 is 10.2 Å². The van der Waals surface area contributed by atoms with Crippen LogP contribution in [0.25, 0.3) is 10.1 Å². The Morgan fingerprint density at radius 3 is 2.69 bits per heavy atom. The van der Waals surface area contributed by atoms with Crippen LogP contribution in [0.15, 0.2) is 17.5 Å². The minimum absolute atomic E-state index is 0.0897. The Kier molecular flexibility index (Phi) is 2.06. The maximum Gasteiger partial charge on any atom is 0.137 e. The molecule has 1 aromatic heterocycles. The molecule has 0 saturated heterocycles. The highest BCUT2D eigenvalue weighted by Gasteiger charge is 2.08. The molecule has 68 valence electrons. The summed E-state index contributed by atoms with van der Waals surface area (Å²) in [4.78, 5) is 0. The molecular weight excluding hydrogens is 208 g/mol. The molecule has 2 nitrogen and oxygen atoms in total.